The van der Waals surface area contributed by atoms with Crippen LogP contribution in [0.15, 0.2) is 21.6 Å². The number of furan rings is 1. The van der Waals surface area contributed by atoms with Crippen molar-refractivity contribution in [2.75, 3.05) is 5.32 Å². The van der Waals surface area contributed by atoms with E-state index in [1.807, 2.05) is 0 Å². The van der Waals surface area contributed by atoms with Crippen LogP contribution in [0, 0.1) is 13.8 Å². The molecule has 3 aromatic heterocycles. The van der Waals surface area contributed by atoms with Gasteiger partial charge in [-0.15, -0.1) is 0 Å². The second-order valence-electron chi connectivity index (χ2n) is 7.13. The molecule has 1 aliphatic rings. The smallest absolute Gasteiger partial charge is 0.255 e. The molecule has 1 fully saturated rings. The maximum Gasteiger partial charge on any atom is 0.255 e. The van der Waals surface area contributed by atoms with Gasteiger partial charge >= 0.3 is 0 Å². The van der Waals surface area contributed by atoms with Gasteiger partial charge in [-0.2, -0.15) is 0 Å². The monoisotopic (exact) mass is 368 g/mol. The third-order valence-electron chi connectivity index (χ3n) is 4.65. The Morgan fingerprint density at radius 2 is 2.11 bits per heavy atom. The predicted molar refractivity (Wildman–Crippen MR) is 98.6 cm³/mol. The molecule has 1 saturated carbocycles. The number of hydrogen-bond acceptors (Lipinski definition) is 7. The molecule has 0 aliphatic heterocycles. The molecule has 3 heterocycles. The lowest BCUT2D eigenvalue weighted by atomic mass is 10.1. The quantitative estimate of drug-likeness (QED) is 0.627. The fraction of sp³-hybridized carbons (Fsp3) is 0.389. The molecule has 0 bridgehead atoms. The molecule has 1 amide bonds. The molecule has 140 valence electrons. The number of fused-ring (bicyclic) bond motifs is 1. The molecule has 0 atom stereocenters. The summed E-state index contributed by atoms with van der Waals surface area (Å²) in [5, 5.41) is 6.75. The van der Waals surface area contributed by atoms with Gasteiger partial charge in [0.1, 0.15) is 23.7 Å². The summed E-state index contributed by atoms with van der Waals surface area (Å²) in [7, 11) is 0. The largest absolute Gasteiger partial charge is 0.442 e. The molecule has 3 N–H and O–H groups in total. The van der Waals surface area contributed by atoms with Crippen molar-refractivity contribution in [1.82, 2.24) is 25.3 Å². The number of carbonyl (C=O) groups is 1. The Labute approximate surface area is 154 Å². The van der Waals surface area contributed by atoms with Gasteiger partial charge in [0.05, 0.1) is 23.2 Å². The highest BCUT2D eigenvalue weighted by Gasteiger charge is 2.38. The zero-order valence-electron chi connectivity index (χ0n) is 15.3. The molecule has 3 aromatic rings. The van der Waals surface area contributed by atoms with E-state index in [-0.39, 0.29) is 23.6 Å². The van der Waals surface area contributed by atoms with Crippen LogP contribution in [0.3, 0.4) is 0 Å². The minimum atomic E-state index is -0.329. The van der Waals surface area contributed by atoms with Crippen molar-refractivity contribution < 1.29 is 9.21 Å². The minimum Gasteiger partial charge on any atom is -0.442 e. The number of aryl methyl sites for hydroxylation is 2. The summed E-state index contributed by atoms with van der Waals surface area (Å²) in [6, 6.07) is 1.36. The fourth-order valence-corrected chi connectivity index (χ4v) is 3.00. The summed E-state index contributed by atoms with van der Waals surface area (Å²) in [6.07, 6.45) is 3.51. The van der Waals surface area contributed by atoms with E-state index in [0.29, 0.717) is 39.8 Å². The van der Waals surface area contributed by atoms with Gasteiger partial charge in [0, 0.05) is 11.6 Å². The van der Waals surface area contributed by atoms with E-state index in [0.717, 1.165) is 12.8 Å². The van der Waals surface area contributed by atoms with Crippen molar-refractivity contribution in [1.29, 1.82) is 0 Å². The Kier molecular flexibility index (Phi) is 3.94. The van der Waals surface area contributed by atoms with Gasteiger partial charge in [-0.1, -0.05) is 0 Å². The molecule has 4 rings (SSSR count). The first-order valence-electron chi connectivity index (χ1n) is 8.72. The first-order valence-corrected chi connectivity index (χ1v) is 8.72. The van der Waals surface area contributed by atoms with Crippen molar-refractivity contribution in [3.63, 3.8) is 0 Å². The van der Waals surface area contributed by atoms with E-state index in [9.17, 15) is 9.59 Å². The molecule has 0 saturated heterocycles. The van der Waals surface area contributed by atoms with Gasteiger partial charge in [-0.05, 0) is 33.6 Å². The second-order valence-corrected chi connectivity index (χ2v) is 7.13. The lowest BCUT2D eigenvalue weighted by Crippen LogP contribution is -2.25. The summed E-state index contributed by atoms with van der Waals surface area (Å²) in [4.78, 5) is 39.6. The van der Waals surface area contributed by atoms with Crippen molar-refractivity contribution in [3.8, 4) is 0 Å². The minimum absolute atomic E-state index is 0.00723. The van der Waals surface area contributed by atoms with Gasteiger partial charge in [-0.3, -0.25) is 9.59 Å². The van der Waals surface area contributed by atoms with E-state index >= 15 is 0 Å². The average Bonchev–Trinajstić information content (AvgIpc) is 3.20. The summed E-state index contributed by atoms with van der Waals surface area (Å²) >= 11 is 0. The number of anilines is 1. The zero-order valence-corrected chi connectivity index (χ0v) is 15.3. The lowest BCUT2D eigenvalue weighted by molar-refractivity contribution is 0.0950. The van der Waals surface area contributed by atoms with Gasteiger partial charge < -0.3 is 20.0 Å². The van der Waals surface area contributed by atoms with Crippen LogP contribution >= 0.6 is 0 Å². The number of hydrogen-bond donors (Lipinski definition) is 3. The fourth-order valence-electron chi connectivity index (χ4n) is 3.00. The molecule has 0 aromatic carbocycles. The van der Waals surface area contributed by atoms with Crippen LogP contribution < -0.4 is 16.2 Å². The Morgan fingerprint density at radius 3 is 2.81 bits per heavy atom. The number of rotatable bonds is 5. The van der Waals surface area contributed by atoms with Gasteiger partial charge in [0.15, 0.2) is 0 Å². The van der Waals surface area contributed by atoms with Crippen LogP contribution in [0.25, 0.3) is 11.1 Å². The highest BCUT2D eigenvalue weighted by Crippen LogP contribution is 2.40. The molecule has 1 aliphatic carbocycles. The molecular formula is C18H20N6O3. The van der Waals surface area contributed by atoms with Gasteiger partial charge in [0.2, 0.25) is 5.71 Å². The topological polar surface area (TPSA) is 126 Å². The molecule has 9 nitrogen and oxygen atoms in total. The lowest BCUT2D eigenvalue weighted by Gasteiger charge is -2.13. The van der Waals surface area contributed by atoms with E-state index in [4.69, 9.17) is 4.42 Å². The highest BCUT2D eigenvalue weighted by atomic mass is 16.3. The number of aromatic amines is 1. The first kappa shape index (κ1) is 17.2. The van der Waals surface area contributed by atoms with Crippen LogP contribution in [-0.2, 0) is 6.54 Å². The number of nitrogens with zero attached hydrogens (tertiary/aromatic N) is 3. The Morgan fingerprint density at radius 1 is 1.33 bits per heavy atom. The van der Waals surface area contributed by atoms with E-state index in [1.165, 1.54) is 12.4 Å². The molecular weight excluding hydrogens is 348 g/mol. The number of nitrogens with one attached hydrogen (secondary N) is 3. The van der Waals surface area contributed by atoms with Crippen LogP contribution in [0.1, 0.15) is 47.4 Å². The average molecular weight is 368 g/mol. The van der Waals surface area contributed by atoms with E-state index in [1.54, 1.807) is 13.8 Å². The number of H-pyrrole nitrogens is 1. The highest BCUT2D eigenvalue weighted by molar-refractivity contribution is 6.10. The van der Waals surface area contributed by atoms with Gasteiger partial charge in [0.25, 0.3) is 11.5 Å². The molecule has 9 heteroatoms. The molecule has 0 unspecified atom stereocenters. The van der Waals surface area contributed by atoms with Crippen molar-refractivity contribution in [2.45, 2.75) is 45.7 Å². The first-order chi connectivity index (χ1) is 12.8. The number of aromatic nitrogens is 4. The van der Waals surface area contributed by atoms with E-state index in [2.05, 4.69) is 37.5 Å². The Bertz CT molecular complexity index is 1100. The van der Waals surface area contributed by atoms with Crippen molar-refractivity contribution in [3.05, 3.63) is 45.6 Å². The SMILES string of the molecule is Cc1nc(CNC(=O)c2c(C)oc3ncnc(NC4(C)CC4)c23)cc(=O)[nH]1. The molecule has 27 heavy (non-hydrogen) atoms. The van der Waals surface area contributed by atoms with Crippen LogP contribution in [0.4, 0.5) is 5.82 Å². The second kappa shape index (κ2) is 6.19. The van der Waals surface area contributed by atoms with Crippen molar-refractivity contribution >= 4 is 22.8 Å². The van der Waals surface area contributed by atoms with Crippen LogP contribution in [0.2, 0.25) is 0 Å². The summed E-state index contributed by atoms with van der Waals surface area (Å²) in [5.74, 6) is 1.22. The number of carbonyl (C=O) groups excluding carboxylic acids is 1. The van der Waals surface area contributed by atoms with Crippen molar-refractivity contribution in [2.24, 2.45) is 0 Å². The Balaban J connectivity index is 1.64. The third-order valence-corrected chi connectivity index (χ3v) is 4.65. The zero-order chi connectivity index (χ0) is 19.2. The maximum atomic E-state index is 12.8. The maximum absolute atomic E-state index is 12.8. The molecule has 0 radical (unpaired) electrons. The Hall–Kier alpha value is -3.23. The molecule has 0 spiro atoms. The van der Waals surface area contributed by atoms with Gasteiger partial charge in [-0.25, -0.2) is 15.0 Å². The van der Waals surface area contributed by atoms with Crippen LogP contribution in [0.5, 0.6) is 0 Å². The number of amides is 1. The predicted octanol–water partition coefficient (Wildman–Crippen LogP) is 1.82. The standard InChI is InChI=1S/C18H20N6O3/c1-9-13(16(26)19-7-11-6-12(25)23-10(2)22-11)14-15(24-18(3)4-5-18)20-8-21-17(14)27-9/h6,8H,4-5,7H2,1-3H3,(H,19,26)(H,20,21,24)(H,22,23,25). The van der Waals surface area contributed by atoms with E-state index < -0.39 is 0 Å². The van der Waals surface area contributed by atoms with Crippen LogP contribution in [-0.4, -0.2) is 31.4 Å². The normalized spacial score (nSPS) is 14.9. The summed E-state index contributed by atoms with van der Waals surface area (Å²) in [6.45, 7) is 5.64. The summed E-state index contributed by atoms with van der Waals surface area (Å²) in [5.41, 5.74) is 0.972. The summed E-state index contributed by atoms with van der Waals surface area (Å²) < 4.78 is 5.66. The third kappa shape index (κ3) is 3.40.